The third kappa shape index (κ3) is 2.95. The van der Waals surface area contributed by atoms with Gasteiger partial charge in [-0.05, 0) is 20.8 Å². The Hall–Kier alpha value is -1.59. The Kier molecular flexibility index (Phi) is 3.45. The molecule has 1 atom stereocenters. The molecule has 0 aromatic rings. The van der Waals surface area contributed by atoms with E-state index < -0.39 is 29.6 Å². The first-order chi connectivity index (χ1) is 7.63. The minimum Gasteiger partial charge on any atom is -0.458 e. The van der Waals surface area contributed by atoms with Crippen LogP contribution in [0.2, 0.25) is 0 Å². The number of carbonyl (C=O) groups is 3. The van der Waals surface area contributed by atoms with E-state index in [1.165, 1.54) is 11.8 Å². The van der Waals surface area contributed by atoms with E-state index in [0.29, 0.717) is 0 Å². The third-order valence-electron chi connectivity index (χ3n) is 2.31. The highest BCUT2D eigenvalue weighted by Gasteiger charge is 2.44. The first kappa shape index (κ1) is 13.5. The van der Waals surface area contributed by atoms with Crippen LogP contribution < -0.4 is 0 Å². The molecule has 1 heterocycles. The number of nitrogens with zero attached hydrogens (tertiary/aromatic N) is 2. The third-order valence-corrected chi connectivity index (χ3v) is 2.31. The Morgan fingerprint density at radius 2 is 1.88 bits per heavy atom. The minimum atomic E-state index is -0.843. The summed E-state index contributed by atoms with van der Waals surface area (Å²) in [5.74, 6) is -0.999. The number of amides is 3. The van der Waals surface area contributed by atoms with Gasteiger partial charge in [-0.3, -0.25) is 4.79 Å². The predicted molar refractivity (Wildman–Crippen MR) is 60.2 cm³/mol. The van der Waals surface area contributed by atoms with Crippen molar-refractivity contribution in [3.63, 3.8) is 0 Å². The van der Waals surface area contributed by atoms with E-state index >= 15 is 0 Å². The van der Waals surface area contributed by atoms with Crippen LogP contribution in [0.4, 0.5) is 4.79 Å². The number of esters is 1. The van der Waals surface area contributed by atoms with Crippen LogP contribution in [-0.2, 0) is 14.3 Å². The molecule has 0 saturated carbocycles. The van der Waals surface area contributed by atoms with E-state index in [1.54, 1.807) is 27.8 Å². The molecule has 0 aromatic heterocycles. The van der Waals surface area contributed by atoms with Gasteiger partial charge in [-0.2, -0.15) is 0 Å². The minimum absolute atomic E-state index is 0.174. The average molecular weight is 242 g/mol. The molecule has 1 rings (SSSR count). The predicted octanol–water partition coefficient (Wildman–Crippen LogP) is 0.611. The molecule has 0 radical (unpaired) electrons. The quantitative estimate of drug-likeness (QED) is 0.632. The summed E-state index contributed by atoms with van der Waals surface area (Å²) in [6.07, 6.45) is 0. The first-order valence-corrected chi connectivity index (χ1v) is 5.41. The summed E-state index contributed by atoms with van der Waals surface area (Å²) >= 11 is 0. The number of urea groups is 1. The summed E-state index contributed by atoms with van der Waals surface area (Å²) in [6.45, 7) is 6.65. The number of hydrogen-bond donors (Lipinski definition) is 0. The largest absolute Gasteiger partial charge is 0.458 e. The lowest BCUT2D eigenvalue weighted by Gasteiger charge is -2.24. The van der Waals surface area contributed by atoms with Crippen molar-refractivity contribution in [2.45, 2.75) is 39.3 Å². The second kappa shape index (κ2) is 4.35. The molecule has 1 aliphatic heterocycles. The normalized spacial score (nSPS) is 20.8. The lowest BCUT2D eigenvalue weighted by atomic mass is 10.2. The standard InChI is InChI=1S/C11H18N2O4/c1-7(14)13-8(6-12(5)10(13)16)9(15)17-11(2,3)4/h8H,6H2,1-5H3/t8-/m0/s1. The van der Waals surface area contributed by atoms with Crippen LogP contribution in [0.1, 0.15) is 27.7 Å². The molecule has 1 aliphatic rings. The Morgan fingerprint density at radius 1 is 1.35 bits per heavy atom. The van der Waals surface area contributed by atoms with Crippen molar-refractivity contribution in [3.8, 4) is 0 Å². The van der Waals surface area contributed by atoms with Gasteiger partial charge in [0, 0.05) is 14.0 Å². The molecule has 0 spiro atoms. The Bertz CT molecular complexity index is 359. The fourth-order valence-corrected chi connectivity index (χ4v) is 1.64. The van der Waals surface area contributed by atoms with Gasteiger partial charge in [-0.25, -0.2) is 14.5 Å². The van der Waals surface area contributed by atoms with Crippen molar-refractivity contribution in [1.82, 2.24) is 9.80 Å². The monoisotopic (exact) mass is 242 g/mol. The zero-order chi connectivity index (χ0) is 13.4. The van der Waals surface area contributed by atoms with E-state index in [9.17, 15) is 14.4 Å². The van der Waals surface area contributed by atoms with E-state index in [0.717, 1.165) is 4.90 Å². The summed E-state index contributed by atoms with van der Waals surface area (Å²) in [7, 11) is 1.54. The van der Waals surface area contributed by atoms with Gasteiger partial charge in [0.1, 0.15) is 5.60 Å². The van der Waals surface area contributed by atoms with Crippen molar-refractivity contribution in [1.29, 1.82) is 0 Å². The van der Waals surface area contributed by atoms with Gasteiger partial charge in [0.2, 0.25) is 5.91 Å². The fourth-order valence-electron chi connectivity index (χ4n) is 1.64. The molecular formula is C11H18N2O4. The maximum atomic E-state index is 11.9. The van der Waals surface area contributed by atoms with Crippen molar-refractivity contribution in [2.24, 2.45) is 0 Å². The Morgan fingerprint density at radius 3 is 2.29 bits per heavy atom. The fraction of sp³-hybridized carbons (Fsp3) is 0.727. The highest BCUT2D eigenvalue weighted by molar-refractivity contribution is 6.00. The van der Waals surface area contributed by atoms with Crippen LogP contribution in [0.15, 0.2) is 0 Å². The topological polar surface area (TPSA) is 66.9 Å². The molecule has 0 unspecified atom stereocenters. The molecule has 0 bridgehead atoms. The SMILES string of the molecule is CC(=O)N1C(=O)N(C)C[C@H]1C(=O)OC(C)(C)C. The summed E-state index contributed by atoms with van der Waals surface area (Å²) in [5, 5.41) is 0. The number of rotatable bonds is 1. The van der Waals surface area contributed by atoms with Crippen molar-refractivity contribution < 1.29 is 19.1 Å². The molecule has 1 saturated heterocycles. The van der Waals surface area contributed by atoms with Crippen LogP contribution in [0.25, 0.3) is 0 Å². The number of hydrogen-bond acceptors (Lipinski definition) is 4. The molecule has 0 N–H and O–H groups in total. The van der Waals surface area contributed by atoms with Crippen molar-refractivity contribution >= 4 is 17.9 Å². The van der Waals surface area contributed by atoms with E-state index in [-0.39, 0.29) is 6.54 Å². The second-order valence-electron chi connectivity index (χ2n) is 5.10. The molecule has 0 aliphatic carbocycles. The lowest BCUT2D eigenvalue weighted by Crippen LogP contribution is -2.45. The molecule has 1 fully saturated rings. The van der Waals surface area contributed by atoms with Gasteiger partial charge >= 0.3 is 12.0 Å². The van der Waals surface area contributed by atoms with Gasteiger partial charge < -0.3 is 9.64 Å². The first-order valence-electron chi connectivity index (χ1n) is 5.41. The van der Waals surface area contributed by atoms with Gasteiger partial charge in [-0.1, -0.05) is 0 Å². The number of ether oxygens (including phenoxy) is 1. The van der Waals surface area contributed by atoms with Crippen LogP contribution in [0, 0.1) is 0 Å². The molecule has 96 valence electrons. The zero-order valence-electron chi connectivity index (χ0n) is 10.8. The van der Waals surface area contributed by atoms with Gasteiger partial charge in [0.05, 0.1) is 6.54 Å². The molecule has 3 amide bonds. The molecule has 0 aromatic carbocycles. The Balaban J connectivity index is 2.86. The van der Waals surface area contributed by atoms with E-state index in [4.69, 9.17) is 4.74 Å². The smallest absolute Gasteiger partial charge is 0.331 e. The van der Waals surface area contributed by atoms with Crippen LogP contribution in [-0.4, -0.2) is 52.9 Å². The highest BCUT2D eigenvalue weighted by atomic mass is 16.6. The van der Waals surface area contributed by atoms with Crippen molar-refractivity contribution in [2.75, 3.05) is 13.6 Å². The maximum Gasteiger partial charge on any atom is 0.331 e. The summed E-state index contributed by atoms with van der Waals surface area (Å²) in [4.78, 5) is 37.1. The van der Waals surface area contributed by atoms with Crippen LogP contribution in [0.3, 0.4) is 0 Å². The Labute approximate surface area is 101 Å². The summed E-state index contributed by atoms with van der Waals surface area (Å²) in [5.41, 5.74) is -0.635. The summed E-state index contributed by atoms with van der Waals surface area (Å²) < 4.78 is 5.19. The molecule has 17 heavy (non-hydrogen) atoms. The van der Waals surface area contributed by atoms with E-state index in [2.05, 4.69) is 0 Å². The van der Waals surface area contributed by atoms with Crippen molar-refractivity contribution in [3.05, 3.63) is 0 Å². The van der Waals surface area contributed by atoms with Crippen LogP contribution in [0.5, 0.6) is 0 Å². The molecular weight excluding hydrogens is 224 g/mol. The average Bonchev–Trinajstić information content (AvgIpc) is 2.40. The van der Waals surface area contributed by atoms with Crippen LogP contribution >= 0.6 is 0 Å². The molecule has 6 nitrogen and oxygen atoms in total. The lowest BCUT2D eigenvalue weighted by molar-refractivity contribution is -0.161. The number of imide groups is 1. The molecule has 6 heteroatoms. The number of carbonyl (C=O) groups excluding carboxylic acids is 3. The highest BCUT2D eigenvalue weighted by Crippen LogP contribution is 2.18. The summed E-state index contributed by atoms with van der Waals surface area (Å²) in [6, 6.07) is -1.31. The van der Waals surface area contributed by atoms with E-state index in [1.807, 2.05) is 0 Å². The second-order valence-corrected chi connectivity index (χ2v) is 5.10. The van der Waals surface area contributed by atoms with Gasteiger partial charge in [-0.15, -0.1) is 0 Å². The van der Waals surface area contributed by atoms with Gasteiger partial charge in [0.15, 0.2) is 6.04 Å². The number of likely N-dealkylation sites (N-methyl/N-ethyl adjacent to an activating group) is 1. The zero-order valence-corrected chi connectivity index (χ0v) is 10.8. The maximum absolute atomic E-state index is 11.9. The van der Waals surface area contributed by atoms with Gasteiger partial charge in [0.25, 0.3) is 0 Å².